The van der Waals surface area contributed by atoms with E-state index >= 15 is 0 Å². The number of morpholine rings is 1. The number of fused-ring (bicyclic) bond motifs is 2. The van der Waals surface area contributed by atoms with Gasteiger partial charge in [0.1, 0.15) is 6.61 Å². The standard InChI is InChI=1S/C25H29N3O4S/c1-17-8-9-22-23(18(17)2)26-25(33-22)28(11-5-10-27-12-14-30-15-13-27)24(29)21-16-31-19-6-3-4-7-20(19)32-21/h3-4,6-9,21H,5,10-16H2,1-2H3. The predicted molar refractivity (Wildman–Crippen MR) is 130 cm³/mol. The Hall–Kier alpha value is -2.68. The van der Waals surface area contributed by atoms with Crippen molar-refractivity contribution in [1.29, 1.82) is 0 Å². The van der Waals surface area contributed by atoms with Gasteiger partial charge in [0.15, 0.2) is 16.6 Å². The lowest BCUT2D eigenvalue weighted by Gasteiger charge is -2.31. The molecule has 2 aromatic carbocycles. The number of para-hydroxylation sites is 2. The van der Waals surface area contributed by atoms with Gasteiger partial charge in [-0.25, -0.2) is 4.98 Å². The number of ether oxygens (including phenoxy) is 3. The maximum atomic E-state index is 13.7. The third kappa shape index (κ3) is 4.69. The number of benzene rings is 2. The van der Waals surface area contributed by atoms with Crippen molar-refractivity contribution < 1.29 is 19.0 Å². The Morgan fingerprint density at radius 2 is 1.94 bits per heavy atom. The van der Waals surface area contributed by atoms with Gasteiger partial charge in [0, 0.05) is 26.2 Å². The van der Waals surface area contributed by atoms with Crippen LogP contribution in [0.4, 0.5) is 5.13 Å². The number of aryl methyl sites for hydroxylation is 2. The molecule has 1 aromatic heterocycles. The van der Waals surface area contributed by atoms with E-state index in [1.807, 2.05) is 24.3 Å². The van der Waals surface area contributed by atoms with E-state index in [1.165, 1.54) is 5.56 Å². The van der Waals surface area contributed by atoms with Gasteiger partial charge in [0.05, 0.1) is 23.4 Å². The van der Waals surface area contributed by atoms with Crippen LogP contribution in [0, 0.1) is 13.8 Å². The highest BCUT2D eigenvalue weighted by molar-refractivity contribution is 7.22. The minimum atomic E-state index is -0.696. The van der Waals surface area contributed by atoms with Crippen LogP contribution in [0.2, 0.25) is 0 Å². The lowest BCUT2D eigenvalue weighted by Crippen LogP contribution is -2.47. The third-order valence-corrected chi connectivity index (χ3v) is 7.36. The van der Waals surface area contributed by atoms with Crippen LogP contribution < -0.4 is 14.4 Å². The molecule has 0 N–H and O–H groups in total. The summed E-state index contributed by atoms with van der Waals surface area (Å²) in [5, 5.41) is 0.716. The van der Waals surface area contributed by atoms with Gasteiger partial charge < -0.3 is 14.2 Å². The van der Waals surface area contributed by atoms with E-state index in [0.29, 0.717) is 23.2 Å². The maximum absolute atomic E-state index is 13.7. The van der Waals surface area contributed by atoms with Crippen molar-refractivity contribution in [3.05, 3.63) is 47.5 Å². The Balaban J connectivity index is 1.38. The Morgan fingerprint density at radius 1 is 1.15 bits per heavy atom. The zero-order valence-electron chi connectivity index (χ0n) is 19.1. The summed E-state index contributed by atoms with van der Waals surface area (Å²) < 4.78 is 18.4. The van der Waals surface area contributed by atoms with Gasteiger partial charge in [-0.15, -0.1) is 0 Å². The van der Waals surface area contributed by atoms with E-state index in [1.54, 1.807) is 16.2 Å². The van der Waals surface area contributed by atoms with Crippen LogP contribution in [0.1, 0.15) is 17.5 Å². The Bertz CT molecular complexity index is 1140. The van der Waals surface area contributed by atoms with Crippen molar-refractivity contribution in [2.24, 2.45) is 0 Å². The van der Waals surface area contributed by atoms with Gasteiger partial charge in [0.2, 0.25) is 6.10 Å². The highest BCUT2D eigenvalue weighted by atomic mass is 32.1. The number of anilines is 1. The summed E-state index contributed by atoms with van der Waals surface area (Å²) >= 11 is 1.56. The van der Waals surface area contributed by atoms with Crippen LogP contribution in [0.3, 0.4) is 0 Å². The van der Waals surface area contributed by atoms with Gasteiger partial charge in [-0.05, 0) is 49.6 Å². The van der Waals surface area contributed by atoms with Crippen LogP contribution >= 0.6 is 11.3 Å². The first kappa shape index (κ1) is 22.1. The molecule has 8 heteroatoms. The van der Waals surface area contributed by atoms with Crippen LogP contribution in [0.5, 0.6) is 11.5 Å². The number of carbonyl (C=O) groups is 1. The van der Waals surface area contributed by atoms with E-state index in [0.717, 1.165) is 55.0 Å². The summed E-state index contributed by atoms with van der Waals surface area (Å²) in [6.07, 6.45) is 0.155. The number of hydrogen-bond donors (Lipinski definition) is 0. The number of amides is 1. The molecule has 174 valence electrons. The largest absolute Gasteiger partial charge is 0.485 e. The monoisotopic (exact) mass is 467 g/mol. The zero-order valence-corrected chi connectivity index (χ0v) is 19.9. The minimum absolute atomic E-state index is 0.111. The Labute approximate surface area is 197 Å². The van der Waals surface area contributed by atoms with Crippen LogP contribution in [-0.4, -0.2) is 67.9 Å². The van der Waals surface area contributed by atoms with Crippen molar-refractivity contribution in [2.75, 3.05) is 50.9 Å². The maximum Gasteiger partial charge on any atom is 0.273 e. The highest BCUT2D eigenvalue weighted by Crippen LogP contribution is 2.35. The number of thiazole rings is 1. The first-order chi connectivity index (χ1) is 16.1. The molecule has 0 spiro atoms. The quantitative estimate of drug-likeness (QED) is 0.549. The molecule has 1 unspecified atom stereocenters. The van der Waals surface area contributed by atoms with Gasteiger partial charge >= 0.3 is 0 Å². The third-order valence-electron chi connectivity index (χ3n) is 6.31. The summed E-state index contributed by atoms with van der Waals surface area (Å²) in [5.74, 6) is 1.16. The van der Waals surface area contributed by atoms with Gasteiger partial charge in [0.25, 0.3) is 5.91 Å². The predicted octanol–water partition coefficient (Wildman–Crippen LogP) is 3.81. The van der Waals surface area contributed by atoms with E-state index in [2.05, 4.69) is 30.9 Å². The number of aromatic nitrogens is 1. The molecule has 1 fully saturated rings. The number of rotatable bonds is 6. The van der Waals surface area contributed by atoms with Crippen molar-refractivity contribution in [1.82, 2.24) is 9.88 Å². The summed E-state index contributed by atoms with van der Waals surface area (Å²) in [6.45, 7) is 9.27. The Morgan fingerprint density at radius 3 is 2.76 bits per heavy atom. The van der Waals surface area contributed by atoms with Crippen molar-refractivity contribution in [3.63, 3.8) is 0 Å². The average molecular weight is 468 g/mol. The van der Waals surface area contributed by atoms with Crippen LogP contribution in [0.15, 0.2) is 36.4 Å². The molecule has 2 aliphatic rings. The van der Waals surface area contributed by atoms with E-state index in [9.17, 15) is 4.79 Å². The summed E-state index contributed by atoms with van der Waals surface area (Å²) in [4.78, 5) is 22.7. The molecule has 0 aliphatic carbocycles. The fraction of sp³-hybridized carbons (Fsp3) is 0.440. The molecule has 0 bridgehead atoms. The molecular weight excluding hydrogens is 438 g/mol. The lowest BCUT2D eigenvalue weighted by atomic mass is 10.1. The normalized spacial score (nSPS) is 18.4. The van der Waals surface area contributed by atoms with Crippen molar-refractivity contribution in [2.45, 2.75) is 26.4 Å². The zero-order chi connectivity index (χ0) is 22.8. The van der Waals surface area contributed by atoms with E-state index in [-0.39, 0.29) is 12.5 Å². The first-order valence-electron chi connectivity index (χ1n) is 11.5. The van der Waals surface area contributed by atoms with Gasteiger partial charge in [-0.3, -0.25) is 14.6 Å². The number of carbonyl (C=O) groups excluding carboxylic acids is 1. The van der Waals surface area contributed by atoms with Crippen LogP contribution in [-0.2, 0) is 9.53 Å². The fourth-order valence-electron chi connectivity index (χ4n) is 4.22. The molecule has 7 nitrogen and oxygen atoms in total. The Kier molecular flexibility index (Phi) is 6.48. The van der Waals surface area contributed by atoms with Crippen molar-refractivity contribution in [3.8, 4) is 11.5 Å². The number of nitrogens with zero attached hydrogens (tertiary/aromatic N) is 3. The second kappa shape index (κ2) is 9.67. The minimum Gasteiger partial charge on any atom is -0.485 e. The molecule has 0 radical (unpaired) electrons. The molecule has 2 aliphatic heterocycles. The second-order valence-corrected chi connectivity index (χ2v) is 9.52. The second-order valence-electron chi connectivity index (χ2n) is 8.51. The van der Waals surface area contributed by atoms with Crippen molar-refractivity contribution >= 4 is 32.6 Å². The molecule has 3 heterocycles. The molecule has 1 atom stereocenters. The molecule has 33 heavy (non-hydrogen) atoms. The van der Waals surface area contributed by atoms with Gasteiger partial charge in [-0.2, -0.15) is 0 Å². The molecule has 1 saturated heterocycles. The molecule has 1 amide bonds. The molecular formula is C25H29N3O4S. The highest BCUT2D eigenvalue weighted by Gasteiger charge is 2.33. The SMILES string of the molecule is Cc1ccc2sc(N(CCCN3CCOCC3)C(=O)C3COc4ccccc4O3)nc2c1C. The molecule has 5 rings (SSSR count). The van der Waals surface area contributed by atoms with Gasteiger partial charge in [-0.1, -0.05) is 29.5 Å². The molecule has 3 aromatic rings. The molecule has 0 saturated carbocycles. The smallest absolute Gasteiger partial charge is 0.273 e. The van der Waals surface area contributed by atoms with E-state index in [4.69, 9.17) is 19.2 Å². The first-order valence-corrected chi connectivity index (χ1v) is 12.3. The summed E-state index contributed by atoms with van der Waals surface area (Å²) in [7, 11) is 0. The average Bonchev–Trinajstić information content (AvgIpc) is 3.29. The topological polar surface area (TPSA) is 64.1 Å². The van der Waals surface area contributed by atoms with E-state index < -0.39 is 6.10 Å². The van der Waals surface area contributed by atoms with Crippen LogP contribution in [0.25, 0.3) is 10.2 Å². The summed E-state index contributed by atoms with van der Waals surface area (Å²) in [6, 6.07) is 11.7. The lowest BCUT2D eigenvalue weighted by molar-refractivity contribution is -0.127. The number of hydrogen-bond acceptors (Lipinski definition) is 7. The summed E-state index contributed by atoms with van der Waals surface area (Å²) in [5.41, 5.74) is 3.32. The fourth-order valence-corrected chi connectivity index (χ4v) is 5.28.